The van der Waals surface area contributed by atoms with Crippen molar-refractivity contribution in [3.8, 4) is 5.75 Å². The number of hydrogen-bond acceptors (Lipinski definition) is 4. The van der Waals surface area contributed by atoms with Gasteiger partial charge < -0.3 is 9.64 Å². The summed E-state index contributed by atoms with van der Waals surface area (Å²) in [6, 6.07) is 12.3. The fourth-order valence-electron chi connectivity index (χ4n) is 2.55. The SMILES string of the molecule is CN(C)CCNC1Oc2ccccc2Cc2cccnc21. The van der Waals surface area contributed by atoms with Gasteiger partial charge in [-0.2, -0.15) is 0 Å². The highest BCUT2D eigenvalue weighted by Crippen LogP contribution is 2.31. The Morgan fingerprint density at radius 3 is 2.86 bits per heavy atom. The van der Waals surface area contributed by atoms with Crippen LogP contribution in [0.1, 0.15) is 23.0 Å². The lowest BCUT2D eigenvalue weighted by atomic mass is 10.0. The Balaban J connectivity index is 1.88. The van der Waals surface area contributed by atoms with Gasteiger partial charge in [0.15, 0.2) is 6.23 Å². The number of rotatable bonds is 4. The highest BCUT2D eigenvalue weighted by atomic mass is 16.5. The number of nitrogens with zero attached hydrogens (tertiary/aromatic N) is 2. The molecule has 0 bridgehead atoms. The summed E-state index contributed by atoms with van der Waals surface area (Å²) in [5.74, 6) is 0.942. The largest absolute Gasteiger partial charge is 0.469 e. The molecule has 4 heteroatoms. The molecule has 0 fully saturated rings. The van der Waals surface area contributed by atoms with Crippen LogP contribution in [0.4, 0.5) is 0 Å². The van der Waals surface area contributed by atoms with Crippen molar-refractivity contribution < 1.29 is 4.74 Å². The van der Waals surface area contributed by atoms with E-state index in [1.165, 1.54) is 11.1 Å². The van der Waals surface area contributed by atoms with Gasteiger partial charge in [-0.05, 0) is 37.4 Å². The molecule has 1 aliphatic rings. The maximum Gasteiger partial charge on any atom is 0.193 e. The highest BCUT2D eigenvalue weighted by molar-refractivity contribution is 5.41. The van der Waals surface area contributed by atoms with Crippen molar-refractivity contribution in [3.63, 3.8) is 0 Å². The lowest BCUT2D eigenvalue weighted by Gasteiger charge is -2.21. The molecule has 2 heterocycles. The summed E-state index contributed by atoms with van der Waals surface area (Å²) in [6.45, 7) is 1.82. The molecular formula is C17H21N3O. The van der Waals surface area contributed by atoms with Crippen LogP contribution < -0.4 is 10.1 Å². The monoisotopic (exact) mass is 283 g/mol. The van der Waals surface area contributed by atoms with Crippen LogP contribution in [0.3, 0.4) is 0 Å². The number of hydrogen-bond donors (Lipinski definition) is 1. The first kappa shape index (κ1) is 14.0. The highest BCUT2D eigenvalue weighted by Gasteiger charge is 2.23. The summed E-state index contributed by atoms with van der Waals surface area (Å²) in [5, 5.41) is 3.46. The van der Waals surface area contributed by atoms with Gasteiger partial charge >= 0.3 is 0 Å². The van der Waals surface area contributed by atoms with Crippen molar-refractivity contribution in [1.29, 1.82) is 0 Å². The van der Waals surface area contributed by atoms with Gasteiger partial charge in [0, 0.05) is 25.7 Å². The van der Waals surface area contributed by atoms with E-state index in [1.807, 2.05) is 24.4 Å². The molecule has 21 heavy (non-hydrogen) atoms. The molecular weight excluding hydrogens is 262 g/mol. The third kappa shape index (κ3) is 3.23. The Labute approximate surface area is 125 Å². The van der Waals surface area contributed by atoms with Crippen LogP contribution in [0.2, 0.25) is 0 Å². The van der Waals surface area contributed by atoms with Crippen LogP contribution in [0.15, 0.2) is 42.6 Å². The maximum atomic E-state index is 6.17. The number of nitrogens with one attached hydrogen (secondary N) is 1. The number of pyridine rings is 1. The van der Waals surface area contributed by atoms with Crippen molar-refractivity contribution in [2.75, 3.05) is 27.2 Å². The zero-order valence-electron chi connectivity index (χ0n) is 12.5. The van der Waals surface area contributed by atoms with E-state index < -0.39 is 0 Å². The maximum absolute atomic E-state index is 6.17. The molecule has 4 nitrogen and oxygen atoms in total. The van der Waals surface area contributed by atoms with Gasteiger partial charge in [0.1, 0.15) is 5.75 Å². The number of ether oxygens (including phenoxy) is 1. The molecule has 0 radical (unpaired) electrons. The third-order valence-electron chi connectivity index (χ3n) is 3.66. The molecule has 110 valence electrons. The Hall–Kier alpha value is -1.91. The van der Waals surface area contributed by atoms with E-state index in [1.54, 1.807) is 0 Å². The number of fused-ring (bicyclic) bond motifs is 2. The Kier molecular flexibility index (Phi) is 4.18. The van der Waals surface area contributed by atoms with Crippen molar-refractivity contribution >= 4 is 0 Å². The van der Waals surface area contributed by atoms with Crippen molar-refractivity contribution in [2.24, 2.45) is 0 Å². The van der Waals surface area contributed by atoms with Gasteiger partial charge in [0.05, 0.1) is 5.69 Å². The fraction of sp³-hybridized carbons (Fsp3) is 0.353. The lowest BCUT2D eigenvalue weighted by Crippen LogP contribution is -2.33. The van der Waals surface area contributed by atoms with E-state index >= 15 is 0 Å². The lowest BCUT2D eigenvalue weighted by molar-refractivity contribution is 0.159. The van der Waals surface area contributed by atoms with Crippen LogP contribution in [0.25, 0.3) is 0 Å². The molecule has 1 aromatic carbocycles. The topological polar surface area (TPSA) is 37.4 Å². The minimum atomic E-state index is -0.190. The second-order valence-corrected chi connectivity index (χ2v) is 5.59. The average molecular weight is 283 g/mol. The predicted octanol–water partition coefficient (Wildman–Crippen LogP) is 2.21. The predicted molar refractivity (Wildman–Crippen MR) is 83.4 cm³/mol. The quantitative estimate of drug-likeness (QED) is 0.933. The number of aromatic nitrogens is 1. The first-order valence-corrected chi connectivity index (χ1v) is 7.30. The zero-order chi connectivity index (χ0) is 14.7. The summed E-state index contributed by atoms with van der Waals surface area (Å²) < 4.78 is 6.17. The molecule has 1 atom stereocenters. The van der Waals surface area contributed by atoms with Gasteiger partial charge in [-0.3, -0.25) is 10.3 Å². The molecule has 1 aliphatic heterocycles. The van der Waals surface area contributed by atoms with E-state index in [0.29, 0.717) is 0 Å². The number of para-hydroxylation sites is 1. The molecule has 1 N–H and O–H groups in total. The Morgan fingerprint density at radius 1 is 1.19 bits per heavy atom. The van der Waals surface area contributed by atoms with Crippen LogP contribution in [-0.2, 0) is 6.42 Å². The summed E-state index contributed by atoms with van der Waals surface area (Å²) in [5.41, 5.74) is 3.43. The van der Waals surface area contributed by atoms with E-state index in [9.17, 15) is 0 Å². The standard InChI is InChI=1S/C17H21N3O/c1-20(2)11-10-19-17-16-14(7-5-9-18-16)12-13-6-3-4-8-15(13)21-17/h3-9,17,19H,10-12H2,1-2H3. The first-order valence-electron chi connectivity index (χ1n) is 7.30. The number of likely N-dealkylation sites (N-methyl/N-ethyl adjacent to an activating group) is 1. The molecule has 3 rings (SSSR count). The second kappa shape index (κ2) is 6.24. The van der Waals surface area contributed by atoms with Gasteiger partial charge in [-0.1, -0.05) is 24.3 Å². The van der Waals surface area contributed by atoms with Crippen molar-refractivity contribution in [2.45, 2.75) is 12.6 Å². The molecule has 0 saturated carbocycles. The molecule has 0 saturated heterocycles. The fourth-order valence-corrected chi connectivity index (χ4v) is 2.55. The van der Waals surface area contributed by atoms with E-state index in [4.69, 9.17) is 4.74 Å². The Morgan fingerprint density at radius 2 is 2.00 bits per heavy atom. The normalized spacial score (nSPS) is 16.8. The zero-order valence-corrected chi connectivity index (χ0v) is 12.5. The number of benzene rings is 1. The van der Waals surface area contributed by atoms with Gasteiger partial charge in [-0.25, -0.2) is 0 Å². The van der Waals surface area contributed by atoms with Crippen molar-refractivity contribution in [1.82, 2.24) is 15.2 Å². The summed E-state index contributed by atoms with van der Waals surface area (Å²) >= 11 is 0. The summed E-state index contributed by atoms with van der Waals surface area (Å²) in [6.07, 6.45) is 2.51. The minimum Gasteiger partial charge on any atom is -0.469 e. The smallest absolute Gasteiger partial charge is 0.193 e. The molecule has 0 spiro atoms. The third-order valence-corrected chi connectivity index (χ3v) is 3.66. The van der Waals surface area contributed by atoms with Crippen LogP contribution >= 0.6 is 0 Å². The van der Waals surface area contributed by atoms with Gasteiger partial charge in [0.25, 0.3) is 0 Å². The summed E-state index contributed by atoms with van der Waals surface area (Å²) in [4.78, 5) is 6.69. The second-order valence-electron chi connectivity index (χ2n) is 5.59. The van der Waals surface area contributed by atoms with Crippen LogP contribution in [0.5, 0.6) is 5.75 Å². The summed E-state index contributed by atoms with van der Waals surface area (Å²) in [7, 11) is 4.13. The van der Waals surface area contributed by atoms with Crippen LogP contribution in [0, 0.1) is 0 Å². The van der Waals surface area contributed by atoms with E-state index in [2.05, 4.69) is 47.5 Å². The van der Waals surface area contributed by atoms with Gasteiger partial charge in [0.2, 0.25) is 0 Å². The molecule has 0 amide bonds. The minimum absolute atomic E-state index is 0.190. The van der Waals surface area contributed by atoms with E-state index in [0.717, 1.165) is 31.0 Å². The molecule has 1 aromatic heterocycles. The Bertz CT molecular complexity index is 612. The van der Waals surface area contributed by atoms with E-state index in [-0.39, 0.29) is 6.23 Å². The first-order chi connectivity index (χ1) is 10.2. The van der Waals surface area contributed by atoms with Crippen molar-refractivity contribution in [3.05, 3.63) is 59.4 Å². The molecule has 1 unspecified atom stereocenters. The molecule has 0 aliphatic carbocycles. The molecule has 2 aromatic rings. The average Bonchev–Trinajstić information content (AvgIpc) is 2.63. The van der Waals surface area contributed by atoms with Crippen LogP contribution in [-0.4, -0.2) is 37.1 Å². The van der Waals surface area contributed by atoms with Gasteiger partial charge in [-0.15, -0.1) is 0 Å².